The molecule has 1 saturated heterocycles. The summed E-state index contributed by atoms with van der Waals surface area (Å²) in [7, 11) is 0. The van der Waals surface area contributed by atoms with Crippen molar-refractivity contribution in [3.8, 4) is 0 Å². The number of esters is 1. The zero-order valence-electron chi connectivity index (χ0n) is 13.8. The first-order valence-electron chi connectivity index (χ1n) is 7.81. The van der Waals surface area contributed by atoms with Crippen LogP contribution in [0.3, 0.4) is 0 Å². The minimum absolute atomic E-state index is 0.191. The highest BCUT2D eigenvalue weighted by molar-refractivity contribution is 6.30. The molecule has 2 N–H and O–H groups in total. The van der Waals surface area contributed by atoms with Crippen LogP contribution in [0.2, 0.25) is 0 Å². The Balaban J connectivity index is 2.35. The van der Waals surface area contributed by atoms with Crippen molar-refractivity contribution in [2.45, 2.75) is 64.3 Å². The van der Waals surface area contributed by atoms with Gasteiger partial charge >= 0.3 is 5.97 Å². The predicted octanol–water partition coefficient (Wildman–Crippen LogP) is 2.64. The Morgan fingerprint density at radius 2 is 2.23 bits per heavy atom. The molecule has 0 amide bonds. The first kappa shape index (κ1) is 17.4. The average Bonchev–Trinajstić information content (AvgIpc) is 2.36. The second kappa shape index (κ2) is 6.30. The van der Waals surface area contributed by atoms with Gasteiger partial charge in [-0.2, -0.15) is 0 Å². The van der Waals surface area contributed by atoms with Crippen LogP contribution in [0.1, 0.15) is 47.0 Å². The third kappa shape index (κ3) is 3.70. The summed E-state index contributed by atoms with van der Waals surface area (Å²) in [5.74, 6) is 0.243. The largest absolute Gasteiger partial charge is 0.458 e. The Morgan fingerprint density at radius 1 is 1.55 bits per heavy atom. The topological polar surface area (TPSA) is 67.9 Å². The van der Waals surface area contributed by atoms with E-state index in [1.54, 1.807) is 12.3 Å². The maximum Gasteiger partial charge on any atom is 0.331 e. The van der Waals surface area contributed by atoms with E-state index >= 15 is 0 Å². The molecule has 0 aromatic heterocycles. The van der Waals surface area contributed by atoms with E-state index in [0.29, 0.717) is 17.5 Å². The highest BCUT2D eigenvalue weighted by atomic mass is 35.5. The number of nitrogens with two attached hydrogens (primary N) is 1. The normalized spacial score (nSPS) is 33.5. The molecule has 22 heavy (non-hydrogen) atoms. The van der Waals surface area contributed by atoms with Crippen molar-refractivity contribution in [2.75, 3.05) is 6.54 Å². The Kier molecular flexibility index (Phi) is 5.00. The Morgan fingerprint density at radius 3 is 2.77 bits per heavy atom. The number of hydrogen-bond donors (Lipinski definition) is 1. The summed E-state index contributed by atoms with van der Waals surface area (Å²) in [5.41, 5.74) is 4.82. The van der Waals surface area contributed by atoms with Crippen molar-refractivity contribution in [1.82, 2.24) is 4.90 Å². The molecule has 6 heteroatoms. The van der Waals surface area contributed by atoms with Crippen LogP contribution in [0.15, 0.2) is 16.2 Å². The lowest BCUT2D eigenvalue weighted by Crippen LogP contribution is -2.64. The molecule has 3 unspecified atom stereocenters. The van der Waals surface area contributed by atoms with E-state index in [2.05, 4.69) is 11.9 Å². The number of piperidine rings is 1. The fourth-order valence-electron chi connectivity index (χ4n) is 3.07. The summed E-state index contributed by atoms with van der Waals surface area (Å²) in [6, 6.07) is 0. The lowest BCUT2D eigenvalue weighted by molar-refractivity contribution is -0.169. The van der Waals surface area contributed by atoms with E-state index in [-0.39, 0.29) is 12.1 Å². The van der Waals surface area contributed by atoms with E-state index in [4.69, 9.17) is 22.1 Å². The number of hydrogen-bond acceptors (Lipinski definition) is 5. The van der Waals surface area contributed by atoms with Gasteiger partial charge in [-0.05, 0) is 45.6 Å². The number of nitrogens with zero attached hydrogens (tertiary/aromatic N) is 2. The summed E-state index contributed by atoms with van der Waals surface area (Å²) < 4.78 is 5.66. The first-order valence-corrected chi connectivity index (χ1v) is 8.18. The van der Waals surface area contributed by atoms with Crippen molar-refractivity contribution < 1.29 is 9.53 Å². The molecule has 0 aromatic rings. The molecule has 0 saturated carbocycles. The Hall–Kier alpha value is -0.910. The average molecular weight is 328 g/mol. The minimum Gasteiger partial charge on any atom is -0.458 e. The van der Waals surface area contributed by atoms with Crippen molar-refractivity contribution in [1.29, 1.82) is 0 Å². The molecular formula is C16H26ClN3O2. The Bertz CT molecular complexity index is 498. The third-order valence-corrected chi connectivity index (χ3v) is 4.35. The highest BCUT2D eigenvalue weighted by Gasteiger charge is 2.49. The minimum atomic E-state index is -0.953. The molecular weight excluding hydrogens is 302 g/mol. The molecule has 0 aliphatic carbocycles. The maximum atomic E-state index is 12.9. The highest BCUT2D eigenvalue weighted by Crippen LogP contribution is 2.35. The number of carbonyl (C=O) groups excluding carboxylic acids is 1. The number of rotatable bonds is 2. The molecule has 5 nitrogen and oxygen atoms in total. The van der Waals surface area contributed by atoms with Gasteiger partial charge in [0.05, 0.1) is 6.17 Å². The molecule has 0 bridgehead atoms. The standard InChI is InChI=1S/C16H26ClN3O2/c1-11-5-8-20(13(18)9-11)16(6-7-19-12(17)10-16)14(21)22-15(2,3)4/h7,10-11,13H,5-6,8-9,18H2,1-4H3. The number of likely N-dealkylation sites (tertiary alicyclic amines) is 1. The first-order chi connectivity index (χ1) is 10.1. The van der Waals surface area contributed by atoms with Gasteiger partial charge in [0.2, 0.25) is 0 Å². The van der Waals surface area contributed by atoms with Gasteiger partial charge in [-0.15, -0.1) is 0 Å². The van der Waals surface area contributed by atoms with Crippen LogP contribution in [0.4, 0.5) is 0 Å². The quantitative estimate of drug-likeness (QED) is 0.625. The van der Waals surface area contributed by atoms with E-state index < -0.39 is 11.1 Å². The summed E-state index contributed by atoms with van der Waals surface area (Å²) in [4.78, 5) is 19.0. The van der Waals surface area contributed by atoms with Gasteiger partial charge in [0.15, 0.2) is 0 Å². The molecule has 0 radical (unpaired) electrons. The van der Waals surface area contributed by atoms with Crippen LogP contribution in [0.25, 0.3) is 0 Å². The lowest BCUT2D eigenvalue weighted by Gasteiger charge is -2.47. The smallest absolute Gasteiger partial charge is 0.331 e. The fourth-order valence-corrected chi connectivity index (χ4v) is 3.32. The molecule has 2 aliphatic heterocycles. The summed E-state index contributed by atoms with van der Waals surface area (Å²) in [5, 5.41) is 0.308. The van der Waals surface area contributed by atoms with Gasteiger partial charge in [-0.1, -0.05) is 18.5 Å². The zero-order valence-corrected chi connectivity index (χ0v) is 14.6. The summed E-state index contributed by atoms with van der Waals surface area (Å²) >= 11 is 6.10. The van der Waals surface area contributed by atoms with Gasteiger partial charge in [0, 0.05) is 19.2 Å². The number of carbonyl (C=O) groups is 1. The van der Waals surface area contributed by atoms with Gasteiger partial charge in [-0.25, -0.2) is 9.79 Å². The zero-order chi connectivity index (χ0) is 16.5. The SMILES string of the molecule is CC1CCN(C2(C(=O)OC(C)(C)C)C=C(Cl)N=CC2)C(N)C1. The number of ether oxygens (including phenoxy) is 1. The molecule has 1 fully saturated rings. The molecule has 2 rings (SSSR count). The number of halogens is 1. The molecule has 0 spiro atoms. The number of aliphatic imine (C=N–C) groups is 1. The van der Waals surface area contributed by atoms with Crippen LogP contribution < -0.4 is 5.73 Å². The second-order valence-electron chi connectivity index (χ2n) is 7.30. The van der Waals surface area contributed by atoms with E-state index in [0.717, 1.165) is 19.4 Å². The van der Waals surface area contributed by atoms with Gasteiger partial charge in [-0.3, -0.25) is 4.90 Å². The maximum absolute atomic E-state index is 12.9. The van der Waals surface area contributed by atoms with Crippen molar-refractivity contribution >= 4 is 23.8 Å². The molecule has 0 aromatic carbocycles. The lowest BCUT2D eigenvalue weighted by atomic mass is 9.86. The van der Waals surface area contributed by atoms with Gasteiger partial charge in [0.25, 0.3) is 0 Å². The van der Waals surface area contributed by atoms with Crippen LogP contribution in [0.5, 0.6) is 0 Å². The van der Waals surface area contributed by atoms with E-state index in [9.17, 15) is 4.79 Å². The fraction of sp³-hybridized carbons (Fsp3) is 0.750. The monoisotopic (exact) mass is 327 g/mol. The summed E-state index contributed by atoms with van der Waals surface area (Å²) in [6.07, 6.45) is 5.47. The third-order valence-electron chi connectivity index (χ3n) is 4.15. The van der Waals surface area contributed by atoms with Crippen molar-refractivity contribution in [3.05, 3.63) is 11.2 Å². The van der Waals surface area contributed by atoms with Gasteiger partial charge in [0.1, 0.15) is 16.3 Å². The predicted molar refractivity (Wildman–Crippen MR) is 88.7 cm³/mol. The van der Waals surface area contributed by atoms with Gasteiger partial charge < -0.3 is 10.5 Å². The van der Waals surface area contributed by atoms with Crippen LogP contribution in [-0.4, -0.2) is 40.9 Å². The summed E-state index contributed by atoms with van der Waals surface area (Å²) in [6.45, 7) is 8.51. The van der Waals surface area contributed by atoms with Crippen molar-refractivity contribution in [2.24, 2.45) is 16.6 Å². The molecule has 3 atom stereocenters. The second-order valence-corrected chi connectivity index (χ2v) is 7.69. The van der Waals surface area contributed by atoms with E-state index in [1.165, 1.54) is 0 Å². The molecule has 124 valence electrons. The van der Waals surface area contributed by atoms with Crippen LogP contribution >= 0.6 is 11.6 Å². The van der Waals surface area contributed by atoms with Crippen LogP contribution in [0, 0.1) is 5.92 Å². The molecule has 2 heterocycles. The van der Waals surface area contributed by atoms with Crippen molar-refractivity contribution in [3.63, 3.8) is 0 Å². The molecule has 2 aliphatic rings. The van der Waals surface area contributed by atoms with Crippen LogP contribution in [-0.2, 0) is 9.53 Å². The Labute approximate surface area is 137 Å². The van der Waals surface area contributed by atoms with E-state index in [1.807, 2.05) is 25.7 Å².